The van der Waals surface area contributed by atoms with Crippen LogP contribution in [0, 0.1) is 0 Å². The number of halogens is 2. The van der Waals surface area contributed by atoms with E-state index in [-0.39, 0.29) is 6.04 Å². The van der Waals surface area contributed by atoms with Crippen molar-refractivity contribution in [2.75, 3.05) is 5.73 Å². The predicted molar refractivity (Wildman–Crippen MR) is 72.1 cm³/mol. The van der Waals surface area contributed by atoms with Crippen molar-refractivity contribution in [2.45, 2.75) is 6.04 Å². The van der Waals surface area contributed by atoms with Crippen molar-refractivity contribution in [3.63, 3.8) is 0 Å². The van der Waals surface area contributed by atoms with Crippen molar-refractivity contribution in [3.8, 4) is 0 Å². The fourth-order valence-electron chi connectivity index (χ4n) is 1.62. The molecular weight excluding hydrogens is 273 g/mol. The minimum Gasteiger partial charge on any atom is -0.383 e. The number of hydrogen-bond donors (Lipinski definition) is 3. The van der Waals surface area contributed by atoms with E-state index >= 15 is 0 Å². The summed E-state index contributed by atoms with van der Waals surface area (Å²) >= 11 is 11.6. The number of hydrazine groups is 1. The number of hydrogen-bond acceptors (Lipinski definition) is 5. The monoisotopic (exact) mass is 283 g/mol. The molecule has 0 fully saturated rings. The molecule has 94 valence electrons. The highest BCUT2D eigenvalue weighted by molar-refractivity contribution is 6.30. The minimum atomic E-state index is -0.346. The summed E-state index contributed by atoms with van der Waals surface area (Å²) in [6, 6.07) is 4.85. The molecule has 0 saturated heterocycles. The van der Waals surface area contributed by atoms with Gasteiger partial charge in [0.2, 0.25) is 0 Å². The largest absolute Gasteiger partial charge is 0.383 e. The number of aromatic nitrogens is 2. The lowest BCUT2D eigenvalue weighted by Crippen LogP contribution is -2.29. The van der Waals surface area contributed by atoms with E-state index in [1.807, 2.05) is 0 Å². The number of nitrogens with zero attached hydrogens (tertiary/aromatic N) is 2. The van der Waals surface area contributed by atoms with Crippen molar-refractivity contribution >= 4 is 29.0 Å². The molecule has 7 heteroatoms. The van der Waals surface area contributed by atoms with E-state index < -0.39 is 0 Å². The smallest absolute Gasteiger partial charge is 0.129 e. The van der Waals surface area contributed by atoms with Crippen LogP contribution in [0.2, 0.25) is 10.2 Å². The zero-order valence-electron chi connectivity index (χ0n) is 9.27. The number of pyridine rings is 2. The van der Waals surface area contributed by atoms with Gasteiger partial charge in [-0.1, -0.05) is 29.3 Å². The Bertz CT molecular complexity index is 544. The molecule has 0 aliphatic carbocycles. The molecule has 0 bridgehead atoms. The molecule has 1 unspecified atom stereocenters. The zero-order chi connectivity index (χ0) is 13.1. The first-order chi connectivity index (χ1) is 8.61. The van der Waals surface area contributed by atoms with Crippen molar-refractivity contribution in [3.05, 3.63) is 51.9 Å². The van der Waals surface area contributed by atoms with Gasteiger partial charge in [0.15, 0.2) is 0 Å². The van der Waals surface area contributed by atoms with E-state index in [1.54, 1.807) is 24.4 Å². The number of nitrogens with one attached hydrogen (secondary N) is 1. The summed E-state index contributed by atoms with van der Waals surface area (Å²) in [7, 11) is 0. The van der Waals surface area contributed by atoms with Gasteiger partial charge < -0.3 is 5.73 Å². The van der Waals surface area contributed by atoms with E-state index in [0.717, 1.165) is 5.56 Å². The molecule has 2 heterocycles. The van der Waals surface area contributed by atoms with Crippen molar-refractivity contribution in [2.24, 2.45) is 5.84 Å². The van der Waals surface area contributed by atoms with Crippen LogP contribution in [-0.2, 0) is 0 Å². The highest BCUT2D eigenvalue weighted by atomic mass is 35.5. The molecular formula is C11H11Cl2N5. The Morgan fingerprint density at radius 1 is 1.17 bits per heavy atom. The maximum absolute atomic E-state index is 5.91. The summed E-state index contributed by atoms with van der Waals surface area (Å²) < 4.78 is 0. The van der Waals surface area contributed by atoms with Gasteiger partial charge in [0.1, 0.15) is 11.0 Å². The Kier molecular flexibility index (Phi) is 3.98. The topological polar surface area (TPSA) is 89.8 Å². The quantitative estimate of drug-likeness (QED) is 0.455. The average Bonchev–Trinajstić information content (AvgIpc) is 2.37. The zero-order valence-corrected chi connectivity index (χ0v) is 10.8. The number of anilines is 1. The van der Waals surface area contributed by atoms with Crippen molar-refractivity contribution in [1.82, 2.24) is 15.4 Å². The summed E-state index contributed by atoms with van der Waals surface area (Å²) in [6.45, 7) is 0. The summed E-state index contributed by atoms with van der Waals surface area (Å²) in [5.74, 6) is 5.92. The van der Waals surface area contributed by atoms with Crippen molar-refractivity contribution < 1.29 is 0 Å². The Morgan fingerprint density at radius 2 is 1.94 bits per heavy atom. The van der Waals surface area contributed by atoms with Gasteiger partial charge in [0.05, 0.1) is 11.1 Å². The molecule has 5 N–H and O–H groups in total. The fourth-order valence-corrected chi connectivity index (χ4v) is 1.90. The SMILES string of the molecule is NNC(c1ccc(Cl)nc1)c1cc(Cl)cnc1N. The van der Waals surface area contributed by atoms with E-state index in [0.29, 0.717) is 21.6 Å². The van der Waals surface area contributed by atoms with Crippen LogP contribution < -0.4 is 17.0 Å². The van der Waals surface area contributed by atoms with Crippen LogP contribution in [0.3, 0.4) is 0 Å². The maximum Gasteiger partial charge on any atom is 0.129 e. The molecule has 18 heavy (non-hydrogen) atoms. The molecule has 0 amide bonds. The number of rotatable bonds is 3. The second kappa shape index (κ2) is 5.49. The summed E-state index contributed by atoms with van der Waals surface area (Å²) in [5, 5.41) is 0.896. The lowest BCUT2D eigenvalue weighted by Gasteiger charge is -2.18. The standard InChI is InChI=1S/C11H11Cl2N5/c12-7-3-8(11(14)17-5-7)10(18-15)6-1-2-9(13)16-4-6/h1-5,10,18H,15H2,(H2,14,17). The van der Waals surface area contributed by atoms with Gasteiger partial charge in [-0.25, -0.2) is 15.4 Å². The van der Waals surface area contributed by atoms with Gasteiger partial charge >= 0.3 is 0 Å². The Hall–Kier alpha value is -1.40. The number of nitrogen functional groups attached to an aromatic ring is 1. The lowest BCUT2D eigenvalue weighted by atomic mass is 10.0. The molecule has 0 aliphatic heterocycles. The van der Waals surface area contributed by atoms with Crippen LogP contribution in [0.5, 0.6) is 0 Å². The summed E-state index contributed by atoms with van der Waals surface area (Å²) in [6.07, 6.45) is 3.10. The Morgan fingerprint density at radius 3 is 2.56 bits per heavy atom. The van der Waals surface area contributed by atoms with Crippen LogP contribution >= 0.6 is 23.2 Å². The molecule has 0 aromatic carbocycles. The molecule has 0 radical (unpaired) electrons. The van der Waals surface area contributed by atoms with Crippen LogP contribution in [0.15, 0.2) is 30.6 Å². The first kappa shape index (κ1) is 13.0. The highest BCUT2D eigenvalue weighted by Crippen LogP contribution is 2.27. The second-order valence-electron chi connectivity index (χ2n) is 3.64. The molecule has 0 aliphatic rings. The molecule has 0 spiro atoms. The predicted octanol–water partition coefficient (Wildman–Crippen LogP) is 1.92. The molecule has 2 aromatic rings. The molecule has 5 nitrogen and oxygen atoms in total. The van der Waals surface area contributed by atoms with E-state index in [1.165, 1.54) is 6.20 Å². The van der Waals surface area contributed by atoms with E-state index in [9.17, 15) is 0 Å². The maximum atomic E-state index is 5.91. The third-order valence-electron chi connectivity index (χ3n) is 2.48. The molecule has 2 aromatic heterocycles. The third kappa shape index (κ3) is 2.70. The van der Waals surface area contributed by atoms with Gasteiger partial charge in [0.25, 0.3) is 0 Å². The van der Waals surface area contributed by atoms with E-state index in [4.69, 9.17) is 34.8 Å². The molecule has 2 rings (SSSR count). The summed E-state index contributed by atoms with van der Waals surface area (Å²) in [5.41, 5.74) is 9.99. The van der Waals surface area contributed by atoms with Crippen molar-refractivity contribution in [1.29, 1.82) is 0 Å². The Balaban J connectivity index is 2.44. The first-order valence-corrected chi connectivity index (χ1v) is 5.86. The third-order valence-corrected chi connectivity index (χ3v) is 2.91. The lowest BCUT2D eigenvalue weighted by molar-refractivity contribution is 0.634. The first-order valence-electron chi connectivity index (χ1n) is 5.10. The van der Waals surface area contributed by atoms with Gasteiger partial charge in [-0.05, 0) is 17.7 Å². The van der Waals surface area contributed by atoms with Gasteiger partial charge in [-0.3, -0.25) is 5.84 Å². The highest BCUT2D eigenvalue weighted by Gasteiger charge is 2.16. The van der Waals surface area contributed by atoms with Gasteiger partial charge in [-0.15, -0.1) is 0 Å². The molecule has 0 saturated carbocycles. The summed E-state index contributed by atoms with van der Waals surface area (Å²) in [4.78, 5) is 8.00. The van der Waals surface area contributed by atoms with Crippen LogP contribution in [0.1, 0.15) is 17.2 Å². The second-order valence-corrected chi connectivity index (χ2v) is 4.47. The Labute approximate surface area is 114 Å². The van der Waals surface area contributed by atoms with Gasteiger partial charge in [0, 0.05) is 18.0 Å². The van der Waals surface area contributed by atoms with Crippen LogP contribution in [0.25, 0.3) is 0 Å². The normalized spacial score (nSPS) is 12.4. The number of nitrogens with two attached hydrogens (primary N) is 2. The molecule has 1 atom stereocenters. The van der Waals surface area contributed by atoms with E-state index in [2.05, 4.69) is 15.4 Å². The fraction of sp³-hybridized carbons (Fsp3) is 0.0909. The van der Waals surface area contributed by atoms with Crippen LogP contribution in [-0.4, -0.2) is 9.97 Å². The average molecular weight is 284 g/mol. The minimum absolute atomic E-state index is 0.346. The van der Waals surface area contributed by atoms with Crippen LogP contribution in [0.4, 0.5) is 5.82 Å². The van der Waals surface area contributed by atoms with Gasteiger partial charge in [-0.2, -0.15) is 0 Å².